The number of ether oxygens (including phenoxy) is 1. The van der Waals surface area contributed by atoms with Gasteiger partial charge in [0.2, 0.25) is 0 Å². The minimum absolute atomic E-state index is 0.0892. The van der Waals surface area contributed by atoms with Crippen LogP contribution in [0, 0.1) is 5.82 Å². The Hall–Kier alpha value is -1.54. The van der Waals surface area contributed by atoms with Gasteiger partial charge in [-0.05, 0) is 35.7 Å². The van der Waals surface area contributed by atoms with Gasteiger partial charge in [-0.25, -0.2) is 4.39 Å². The van der Waals surface area contributed by atoms with Crippen LogP contribution in [0.15, 0.2) is 42.5 Å². The van der Waals surface area contributed by atoms with Gasteiger partial charge in [-0.3, -0.25) is 0 Å². The minimum Gasteiger partial charge on any atom is -0.457 e. The van der Waals surface area contributed by atoms with Gasteiger partial charge in [0.1, 0.15) is 17.3 Å². The van der Waals surface area contributed by atoms with E-state index in [-0.39, 0.29) is 11.7 Å². The molecule has 0 aliphatic carbocycles. The van der Waals surface area contributed by atoms with Crippen LogP contribution in [-0.4, -0.2) is 0 Å². The molecule has 2 aromatic carbocycles. The van der Waals surface area contributed by atoms with E-state index in [2.05, 4.69) is 13.8 Å². The Morgan fingerprint density at radius 2 is 1.89 bits per heavy atom. The second kappa shape index (κ2) is 6.07. The molecule has 0 saturated heterocycles. The Morgan fingerprint density at radius 1 is 1.16 bits per heavy atom. The molecule has 0 radical (unpaired) electrons. The Morgan fingerprint density at radius 3 is 2.58 bits per heavy atom. The average Bonchev–Trinajstić information content (AvgIpc) is 2.39. The minimum atomic E-state index is -0.340. The predicted octanol–water partition coefficient (Wildman–Crippen LogP) is 5.48. The van der Waals surface area contributed by atoms with Gasteiger partial charge in [-0.2, -0.15) is 0 Å². The summed E-state index contributed by atoms with van der Waals surface area (Å²) in [5.41, 5.74) is 1.57. The van der Waals surface area contributed by atoms with Crippen molar-refractivity contribution in [3.05, 3.63) is 59.4 Å². The van der Waals surface area contributed by atoms with Crippen LogP contribution >= 0.6 is 11.6 Å². The molecule has 3 heteroatoms. The molecule has 0 spiro atoms. The Kier molecular flexibility index (Phi) is 4.43. The van der Waals surface area contributed by atoms with Gasteiger partial charge in [0.05, 0.1) is 5.88 Å². The molecule has 2 aromatic rings. The van der Waals surface area contributed by atoms with Crippen LogP contribution < -0.4 is 4.74 Å². The SMILES string of the molecule is CC(C)c1cccc(Oc2cccc(F)c2CCl)c1. The molecule has 0 N–H and O–H groups in total. The zero-order valence-corrected chi connectivity index (χ0v) is 11.7. The van der Waals surface area contributed by atoms with Crippen LogP contribution in [0.25, 0.3) is 0 Å². The lowest BCUT2D eigenvalue weighted by Crippen LogP contribution is -1.94. The monoisotopic (exact) mass is 278 g/mol. The summed E-state index contributed by atoms with van der Waals surface area (Å²) in [5.74, 6) is 1.33. The predicted molar refractivity (Wildman–Crippen MR) is 76.6 cm³/mol. The first-order valence-electron chi connectivity index (χ1n) is 6.23. The van der Waals surface area contributed by atoms with E-state index in [9.17, 15) is 4.39 Å². The summed E-state index contributed by atoms with van der Waals surface area (Å²) in [7, 11) is 0. The van der Waals surface area contributed by atoms with Gasteiger partial charge in [-0.15, -0.1) is 11.6 Å². The van der Waals surface area contributed by atoms with Crippen molar-refractivity contribution in [1.82, 2.24) is 0 Å². The Balaban J connectivity index is 2.31. The largest absolute Gasteiger partial charge is 0.457 e. The van der Waals surface area contributed by atoms with E-state index >= 15 is 0 Å². The third-order valence-corrected chi connectivity index (χ3v) is 3.23. The van der Waals surface area contributed by atoms with E-state index < -0.39 is 0 Å². The summed E-state index contributed by atoms with van der Waals surface area (Å²) in [6.45, 7) is 4.23. The smallest absolute Gasteiger partial charge is 0.134 e. The van der Waals surface area contributed by atoms with E-state index in [0.717, 1.165) is 0 Å². The molecule has 0 unspecified atom stereocenters. The van der Waals surface area contributed by atoms with Gasteiger partial charge in [0.25, 0.3) is 0 Å². The van der Waals surface area contributed by atoms with Crippen LogP contribution in [0.2, 0.25) is 0 Å². The number of rotatable bonds is 4. The molecule has 2 rings (SSSR count). The molecule has 0 heterocycles. The highest BCUT2D eigenvalue weighted by Crippen LogP contribution is 2.30. The highest BCUT2D eigenvalue weighted by atomic mass is 35.5. The fourth-order valence-corrected chi connectivity index (χ4v) is 2.09. The molecular formula is C16H16ClFO. The molecule has 0 aliphatic heterocycles. The van der Waals surface area contributed by atoms with E-state index in [4.69, 9.17) is 16.3 Å². The molecule has 19 heavy (non-hydrogen) atoms. The number of benzene rings is 2. The van der Waals surface area contributed by atoms with Crippen molar-refractivity contribution < 1.29 is 9.13 Å². The second-order valence-electron chi connectivity index (χ2n) is 4.68. The van der Waals surface area contributed by atoms with Crippen molar-refractivity contribution in [2.45, 2.75) is 25.6 Å². The lowest BCUT2D eigenvalue weighted by atomic mass is 10.0. The number of alkyl halides is 1. The molecule has 100 valence electrons. The van der Waals surface area contributed by atoms with Gasteiger partial charge in [0.15, 0.2) is 0 Å². The van der Waals surface area contributed by atoms with Crippen LogP contribution in [-0.2, 0) is 5.88 Å². The van der Waals surface area contributed by atoms with Crippen molar-refractivity contribution in [3.63, 3.8) is 0 Å². The molecule has 1 nitrogen and oxygen atoms in total. The fourth-order valence-electron chi connectivity index (χ4n) is 1.83. The standard InChI is InChI=1S/C16H16ClFO/c1-11(2)12-5-3-6-13(9-12)19-16-8-4-7-15(18)14(16)10-17/h3-9,11H,10H2,1-2H3. The lowest BCUT2D eigenvalue weighted by molar-refractivity contribution is 0.469. The van der Waals surface area contributed by atoms with Crippen molar-refractivity contribution in [3.8, 4) is 11.5 Å². The van der Waals surface area contributed by atoms with Crippen LogP contribution in [0.4, 0.5) is 4.39 Å². The van der Waals surface area contributed by atoms with Crippen LogP contribution in [0.1, 0.15) is 30.9 Å². The first-order valence-corrected chi connectivity index (χ1v) is 6.76. The van der Waals surface area contributed by atoms with Crippen LogP contribution in [0.5, 0.6) is 11.5 Å². The maximum atomic E-state index is 13.6. The summed E-state index contributed by atoms with van der Waals surface area (Å²) in [5, 5.41) is 0. The van der Waals surface area contributed by atoms with E-state index in [0.29, 0.717) is 23.0 Å². The molecule has 0 fully saturated rings. The van der Waals surface area contributed by atoms with E-state index in [1.807, 2.05) is 24.3 Å². The normalized spacial score (nSPS) is 10.8. The Labute approximate surface area is 118 Å². The summed E-state index contributed by atoms with van der Waals surface area (Å²) in [4.78, 5) is 0. The van der Waals surface area contributed by atoms with Gasteiger partial charge < -0.3 is 4.74 Å². The summed E-state index contributed by atoms with van der Waals surface area (Å²) in [6.07, 6.45) is 0. The fraction of sp³-hybridized carbons (Fsp3) is 0.250. The van der Waals surface area contributed by atoms with Crippen LogP contribution in [0.3, 0.4) is 0 Å². The maximum Gasteiger partial charge on any atom is 0.134 e. The molecule has 0 aliphatic rings. The summed E-state index contributed by atoms with van der Waals surface area (Å²) < 4.78 is 19.3. The van der Waals surface area contributed by atoms with E-state index in [1.165, 1.54) is 11.6 Å². The van der Waals surface area contributed by atoms with E-state index in [1.54, 1.807) is 12.1 Å². The maximum absolute atomic E-state index is 13.6. The topological polar surface area (TPSA) is 9.23 Å². The zero-order chi connectivity index (χ0) is 13.8. The third kappa shape index (κ3) is 3.27. The van der Waals surface area contributed by atoms with Crippen molar-refractivity contribution in [1.29, 1.82) is 0 Å². The molecule has 0 saturated carbocycles. The van der Waals surface area contributed by atoms with Gasteiger partial charge in [-0.1, -0.05) is 32.0 Å². The van der Waals surface area contributed by atoms with Crippen molar-refractivity contribution in [2.75, 3.05) is 0 Å². The molecular weight excluding hydrogens is 263 g/mol. The summed E-state index contributed by atoms with van der Waals surface area (Å²) >= 11 is 5.77. The highest BCUT2D eigenvalue weighted by molar-refractivity contribution is 6.17. The molecule has 0 aromatic heterocycles. The zero-order valence-electron chi connectivity index (χ0n) is 11.0. The van der Waals surface area contributed by atoms with Crippen molar-refractivity contribution >= 4 is 11.6 Å². The first-order chi connectivity index (χ1) is 9.11. The molecule has 0 atom stereocenters. The quantitative estimate of drug-likeness (QED) is 0.673. The number of hydrogen-bond acceptors (Lipinski definition) is 1. The third-order valence-electron chi connectivity index (χ3n) is 2.96. The van der Waals surface area contributed by atoms with Gasteiger partial charge in [0, 0.05) is 5.56 Å². The average molecular weight is 279 g/mol. The number of halogens is 2. The summed E-state index contributed by atoms with van der Waals surface area (Å²) in [6, 6.07) is 12.5. The molecule has 0 bridgehead atoms. The van der Waals surface area contributed by atoms with Gasteiger partial charge >= 0.3 is 0 Å². The highest BCUT2D eigenvalue weighted by Gasteiger charge is 2.10. The Bertz CT molecular complexity index is 566. The first kappa shape index (κ1) is 13.9. The van der Waals surface area contributed by atoms with Crippen molar-refractivity contribution in [2.24, 2.45) is 0 Å². The number of hydrogen-bond donors (Lipinski definition) is 0. The second-order valence-corrected chi connectivity index (χ2v) is 4.95. The lowest BCUT2D eigenvalue weighted by Gasteiger charge is -2.12. The molecule has 0 amide bonds.